The summed E-state index contributed by atoms with van der Waals surface area (Å²) in [6.07, 6.45) is 7.67. The molecular weight excluding hydrogens is 486 g/mol. The first-order valence-corrected chi connectivity index (χ1v) is 15.5. The number of hydrogen-bond donors (Lipinski definition) is 0. The molecule has 3 nitrogen and oxygen atoms in total. The van der Waals surface area contributed by atoms with Gasteiger partial charge in [0.1, 0.15) is 0 Å². The van der Waals surface area contributed by atoms with Crippen molar-refractivity contribution in [1.82, 2.24) is 0 Å². The van der Waals surface area contributed by atoms with Crippen molar-refractivity contribution in [1.29, 1.82) is 0 Å². The second-order valence-corrected chi connectivity index (χ2v) is 9.46. The van der Waals surface area contributed by atoms with Gasteiger partial charge in [-0.05, 0) is 73.4 Å². The van der Waals surface area contributed by atoms with Crippen molar-refractivity contribution >= 4 is 17.1 Å². The Bertz CT molecular complexity index is 1030. The molecule has 0 saturated carbocycles. The summed E-state index contributed by atoms with van der Waals surface area (Å²) in [5.74, 6) is 0. The topological polar surface area (TPSA) is 9.72 Å². The Kier molecular flexibility index (Phi) is 20.2. The molecule has 0 aromatic heterocycles. The predicted octanol–water partition coefficient (Wildman–Crippen LogP) is 9.92. The molecule has 3 heteroatoms. The quantitative estimate of drug-likeness (QED) is 0.277. The Labute approximate surface area is 249 Å². The monoisotopic (exact) mass is 547 g/mol. The van der Waals surface area contributed by atoms with Crippen LogP contribution in [0.5, 0.6) is 0 Å². The van der Waals surface area contributed by atoms with Gasteiger partial charge >= 0.3 is 0 Å². The SMILES string of the molecule is C.CC.CC.CC.CN1CCCCc2ccccc21.CN1CCCc2ccccc21.CN1CCc2ccccc21. The van der Waals surface area contributed by atoms with Crippen molar-refractivity contribution in [3.63, 3.8) is 0 Å². The number of rotatable bonds is 0. The molecule has 3 aliphatic heterocycles. The van der Waals surface area contributed by atoms with Crippen LogP contribution in [0.3, 0.4) is 0 Å². The van der Waals surface area contributed by atoms with E-state index < -0.39 is 0 Å². The molecule has 0 spiro atoms. The molecule has 0 fully saturated rings. The van der Waals surface area contributed by atoms with Crippen molar-refractivity contribution < 1.29 is 0 Å². The third kappa shape index (κ3) is 11.3. The third-order valence-electron chi connectivity index (χ3n) is 7.05. The number of aryl methyl sites for hydroxylation is 2. The highest BCUT2D eigenvalue weighted by atomic mass is 15.1. The van der Waals surface area contributed by atoms with E-state index in [1.807, 2.05) is 41.5 Å². The van der Waals surface area contributed by atoms with Crippen LogP contribution < -0.4 is 14.7 Å². The molecule has 3 aromatic carbocycles. The number of nitrogens with zero attached hydrogens (tertiary/aromatic N) is 3. The fraction of sp³-hybridized carbons (Fsp3) is 0.514. The van der Waals surface area contributed by atoms with Gasteiger partial charge < -0.3 is 14.7 Å². The molecule has 0 bridgehead atoms. The van der Waals surface area contributed by atoms with Crippen LogP contribution in [0.25, 0.3) is 0 Å². The lowest BCUT2D eigenvalue weighted by atomic mass is 10.0. The second kappa shape index (κ2) is 21.8. The number of anilines is 3. The normalized spacial score (nSPS) is 13.9. The molecule has 0 unspecified atom stereocenters. The molecule has 0 amide bonds. The van der Waals surface area contributed by atoms with Gasteiger partial charge in [-0.1, -0.05) is 104 Å². The Morgan fingerprint density at radius 2 is 0.725 bits per heavy atom. The first-order chi connectivity index (χ1) is 19.1. The minimum absolute atomic E-state index is 0. The van der Waals surface area contributed by atoms with E-state index >= 15 is 0 Å². The summed E-state index contributed by atoms with van der Waals surface area (Å²) in [5.41, 5.74) is 8.75. The van der Waals surface area contributed by atoms with E-state index in [-0.39, 0.29) is 7.43 Å². The Hall–Kier alpha value is -2.94. The zero-order valence-corrected chi connectivity index (χ0v) is 26.6. The summed E-state index contributed by atoms with van der Waals surface area (Å²) in [4.78, 5) is 7.00. The maximum atomic E-state index is 2.36. The molecule has 6 rings (SSSR count). The van der Waals surface area contributed by atoms with Gasteiger partial charge in [-0.25, -0.2) is 0 Å². The Morgan fingerprint density at radius 1 is 0.400 bits per heavy atom. The molecule has 3 heterocycles. The maximum Gasteiger partial charge on any atom is 0.0396 e. The van der Waals surface area contributed by atoms with E-state index in [4.69, 9.17) is 0 Å². The summed E-state index contributed by atoms with van der Waals surface area (Å²) in [5, 5.41) is 0. The van der Waals surface area contributed by atoms with Gasteiger partial charge in [0.15, 0.2) is 0 Å². The van der Waals surface area contributed by atoms with E-state index in [0.717, 1.165) is 0 Å². The van der Waals surface area contributed by atoms with E-state index in [0.29, 0.717) is 0 Å². The summed E-state index contributed by atoms with van der Waals surface area (Å²) in [6, 6.07) is 26.0. The van der Waals surface area contributed by atoms with Gasteiger partial charge in [-0.15, -0.1) is 0 Å². The molecule has 224 valence electrons. The number of fused-ring (bicyclic) bond motifs is 3. The van der Waals surface area contributed by atoms with Gasteiger partial charge in [0, 0.05) is 57.8 Å². The lowest BCUT2D eigenvalue weighted by molar-refractivity contribution is 0.744. The fourth-order valence-corrected chi connectivity index (χ4v) is 5.10. The van der Waals surface area contributed by atoms with Crippen LogP contribution in [-0.2, 0) is 19.3 Å². The van der Waals surface area contributed by atoms with E-state index in [9.17, 15) is 0 Å². The van der Waals surface area contributed by atoms with E-state index in [2.05, 4.69) is 109 Å². The number of benzene rings is 3. The third-order valence-corrected chi connectivity index (χ3v) is 7.05. The summed E-state index contributed by atoms with van der Waals surface area (Å²) in [7, 11) is 6.49. The van der Waals surface area contributed by atoms with Crippen LogP contribution in [-0.4, -0.2) is 40.8 Å². The van der Waals surface area contributed by atoms with Crippen LogP contribution in [0.2, 0.25) is 0 Å². The largest absolute Gasteiger partial charge is 0.374 e. The van der Waals surface area contributed by atoms with E-state index in [1.165, 1.54) is 91.9 Å². The van der Waals surface area contributed by atoms with Gasteiger partial charge in [-0.3, -0.25) is 0 Å². The minimum Gasteiger partial charge on any atom is -0.374 e. The highest BCUT2D eigenvalue weighted by Crippen LogP contribution is 2.26. The second-order valence-electron chi connectivity index (χ2n) is 9.46. The van der Waals surface area contributed by atoms with Crippen LogP contribution in [0.4, 0.5) is 17.1 Å². The van der Waals surface area contributed by atoms with Crippen molar-refractivity contribution in [2.45, 2.75) is 87.5 Å². The van der Waals surface area contributed by atoms with Crippen LogP contribution >= 0.6 is 0 Å². The van der Waals surface area contributed by atoms with Crippen molar-refractivity contribution in [2.75, 3.05) is 55.5 Å². The van der Waals surface area contributed by atoms with Crippen LogP contribution in [0, 0.1) is 0 Å². The average molecular weight is 548 g/mol. The summed E-state index contributed by atoms with van der Waals surface area (Å²) >= 11 is 0. The molecule has 0 aliphatic carbocycles. The van der Waals surface area contributed by atoms with Crippen molar-refractivity contribution in [2.24, 2.45) is 0 Å². The van der Waals surface area contributed by atoms with Gasteiger partial charge in [0.05, 0.1) is 0 Å². The number of likely N-dealkylation sites (N-methyl/N-ethyl adjacent to an activating group) is 1. The lowest BCUT2D eigenvalue weighted by Gasteiger charge is -2.26. The zero-order valence-electron chi connectivity index (χ0n) is 26.6. The van der Waals surface area contributed by atoms with Gasteiger partial charge in [0.25, 0.3) is 0 Å². The first kappa shape index (κ1) is 37.1. The number of para-hydroxylation sites is 3. The number of hydrogen-bond acceptors (Lipinski definition) is 3. The Balaban J connectivity index is 0.000000516. The molecule has 0 N–H and O–H groups in total. The summed E-state index contributed by atoms with van der Waals surface area (Å²) in [6.45, 7) is 15.6. The van der Waals surface area contributed by atoms with Crippen LogP contribution in [0.15, 0.2) is 72.8 Å². The highest BCUT2D eigenvalue weighted by molar-refractivity contribution is 5.57. The molecule has 40 heavy (non-hydrogen) atoms. The average Bonchev–Trinajstić information content (AvgIpc) is 3.29. The van der Waals surface area contributed by atoms with Gasteiger partial charge in [-0.2, -0.15) is 0 Å². The van der Waals surface area contributed by atoms with Crippen molar-refractivity contribution in [3.05, 3.63) is 89.5 Å². The molecule has 3 aromatic rings. The smallest absolute Gasteiger partial charge is 0.0396 e. The highest BCUT2D eigenvalue weighted by Gasteiger charge is 2.13. The summed E-state index contributed by atoms with van der Waals surface area (Å²) < 4.78 is 0. The fourth-order valence-electron chi connectivity index (χ4n) is 5.10. The molecular formula is C37H61N3. The molecule has 0 saturated heterocycles. The van der Waals surface area contributed by atoms with Crippen molar-refractivity contribution in [3.8, 4) is 0 Å². The lowest BCUT2D eigenvalue weighted by Crippen LogP contribution is -2.24. The molecule has 0 atom stereocenters. The van der Waals surface area contributed by atoms with E-state index in [1.54, 1.807) is 0 Å². The maximum absolute atomic E-state index is 2.36. The minimum atomic E-state index is 0. The molecule has 0 radical (unpaired) electrons. The first-order valence-electron chi connectivity index (χ1n) is 15.5. The van der Waals surface area contributed by atoms with Gasteiger partial charge in [0.2, 0.25) is 0 Å². The zero-order chi connectivity index (χ0) is 29.0. The standard InChI is InChI=1S/C11H15N.C10H13N.C9H11N.3C2H6.CH4/c1-12-9-5-4-7-10-6-2-3-8-11(10)12;1-11-8-4-6-9-5-2-3-7-10(9)11;1-10-7-6-8-4-2-3-5-9(8)10;3*1-2;/h2-3,6,8H,4-5,7,9H2,1H3;2-3,5,7H,4,6,8H2,1H3;2-5H,6-7H2,1H3;3*1-2H3;1H4. The van der Waals surface area contributed by atoms with Crippen LogP contribution in [0.1, 0.15) is 84.9 Å². The predicted molar refractivity (Wildman–Crippen MR) is 185 cm³/mol. The Morgan fingerprint density at radius 3 is 1.18 bits per heavy atom. The molecule has 3 aliphatic rings.